The molecule has 1 aromatic carbocycles. The van der Waals surface area contributed by atoms with Gasteiger partial charge < -0.3 is 9.15 Å². The van der Waals surface area contributed by atoms with Gasteiger partial charge in [0.15, 0.2) is 0 Å². The van der Waals surface area contributed by atoms with Crippen LogP contribution in [0.3, 0.4) is 0 Å². The van der Waals surface area contributed by atoms with E-state index in [2.05, 4.69) is 10.5 Å². The third-order valence-electron chi connectivity index (χ3n) is 2.61. The summed E-state index contributed by atoms with van der Waals surface area (Å²) in [5, 5.41) is 3.88. The van der Waals surface area contributed by atoms with Crippen LogP contribution in [0.2, 0.25) is 0 Å². The molecule has 5 nitrogen and oxygen atoms in total. The van der Waals surface area contributed by atoms with Crippen LogP contribution >= 0.6 is 0 Å². The van der Waals surface area contributed by atoms with E-state index in [0.717, 1.165) is 5.76 Å². The molecule has 110 valence electrons. The second-order valence-corrected chi connectivity index (χ2v) is 4.81. The lowest BCUT2D eigenvalue weighted by Gasteiger charge is -2.12. The van der Waals surface area contributed by atoms with E-state index in [4.69, 9.17) is 9.15 Å². The van der Waals surface area contributed by atoms with Crippen LogP contribution < -0.4 is 10.2 Å². The highest BCUT2D eigenvalue weighted by molar-refractivity contribution is 5.97. The monoisotopic (exact) mass is 286 g/mol. The average Bonchev–Trinajstić information content (AvgIpc) is 2.84. The Morgan fingerprint density at radius 2 is 2.05 bits per heavy atom. The predicted molar refractivity (Wildman–Crippen MR) is 80.7 cm³/mol. The number of carbonyl (C=O) groups excluding carboxylic acids is 1. The van der Waals surface area contributed by atoms with E-state index in [1.54, 1.807) is 24.3 Å². The molecule has 2 aromatic rings. The molecule has 1 N–H and O–H groups in total. The van der Waals surface area contributed by atoms with Gasteiger partial charge >= 0.3 is 0 Å². The molecule has 0 radical (unpaired) electrons. The summed E-state index contributed by atoms with van der Waals surface area (Å²) in [6.45, 7) is 5.66. The molecule has 1 amide bonds. The number of carbonyl (C=O) groups is 1. The number of furan rings is 1. The highest BCUT2D eigenvalue weighted by Crippen LogP contribution is 2.19. The summed E-state index contributed by atoms with van der Waals surface area (Å²) < 4.78 is 10.9. The molecule has 0 atom stereocenters. The van der Waals surface area contributed by atoms with Crippen LogP contribution in [-0.2, 0) is 0 Å². The number of hydrogen-bond donors (Lipinski definition) is 1. The lowest BCUT2D eigenvalue weighted by molar-refractivity contribution is 0.0949. The quantitative estimate of drug-likeness (QED) is 0.678. The number of hydrazone groups is 1. The molecular weight excluding hydrogens is 268 g/mol. The first-order valence-corrected chi connectivity index (χ1v) is 6.72. The largest absolute Gasteiger partial charge is 0.490 e. The van der Waals surface area contributed by atoms with Gasteiger partial charge in [-0.1, -0.05) is 12.1 Å². The summed E-state index contributed by atoms with van der Waals surface area (Å²) in [5.41, 5.74) is 2.90. The lowest BCUT2D eigenvalue weighted by atomic mass is 10.2. The topological polar surface area (TPSA) is 63.8 Å². The van der Waals surface area contributed by atoms with E-state index in [1.807, 2.05) is 32.9 Å². The third-order valence-corrected chi connectivity index (χ3v) is 2.61. The van der Waals surface area contributed by atoms with Crippen molar-refractivity contribution in [3.63, 3.8) is 0 Å². The van der Waals surface area contributed by atoms with Crippen LogP contribution in [0.25, 0.3) is 0 Å². The van der Waals surface area contributed by atoms with Crippen LogP contribution in [0.5, 0.6) is 5.75 Å². The summed E-state index contributed by atoms with van der Waals surface area (Å²) in [6, 6.07) is 10.7. The zero-order valence-electron chi connectivity index (χ0n) is 12.3. The summed E-state index contributed by atoms with van der Waals surface area (Å²) in [6.07, 6.45) is 1.45. The standard InChI is InChI=1S/C16H18N2O3/c1-11(2)20-15-7-5-4-6-14(15)16(19)18-17-10-13-9-8-12(3)21-13/h4-11H,1-3H3,(H,18,19)/b17-10+. The first kappa shape index (κ1) is 14.8. The Kier molecular flexibility index (Phi) is 4.77. The molecule has 21 heavy (non-hydrogen) atoms. The van der Waals surface area contributed by atoms with Gasteiger partial charge in [-0.2, -0.15) is 5.10 Å². The molecule has 1 heterocycles. The second kappa shape index (κ2) is 6.74. The normalized spacial score (nSPS) is 11.0. The molecule has 5 heteroatoms. The Morgan fingerprint density at radius 3 is 2.71 bits per heavy atom. The van der Waals surface area contributed by atoms with Gasteiger partial charge in [0.25, 0.3) is 5.91 Å². The van der Waals surface area contributed by atoms with E-state index < -0.39 is 0 Å². The third kappa shape index (κ3) is 4.21. The fraction of sp³-hybridized carbons (Fsp3) is 0.250. The smallest absolute Gasteiger partial charge is 0.275 e. The van der Waals surface area contributed by atoms with Crippen molar-refractivity contribution < 1.29 is 13.9 Å². The van der Waals surface area contributed by atoms with Gasteiger partial charge in [0.1, 0.15) is 17.3 Å². The number of para-hydroxylation sites is 1. The zero-order valence-corrected chi connectivity index (χ0v) is 12.3. The Morgan fingerprint density at radius 1 is 1.29 bits per heavy atom. The van der Waals surface area contributed by atoms with E-state index in [-0.39, 0.29) is 12.0 Å². The van der Waals surface area contributed by atoms with Gasteiger partial charge in [-0.05, 0) is 45.0 Å². The average molecular weight is 286 g/mol. The molecule has 0 fully saturated rings. The number of hydrogen-bond acceptors (Lipinski definition) is 4. The number of nitrogens with zero attached hydrogens (tertiary/aromatic N) is 1. The Hall–Kier alpha value is -2.56. The summed E-state index contributed by atoms with van der Waals surface area (Å²) in [7, 11) is 0. The van der Waals surface area contributed by atoms with Crippen molar-refractivity contribution in [3.05, 3.63) is 53.5 Å². The molecule has 0 saturated heterocycles. The minimum absolute atomic E-state index is 0.00598. The maximum absolute atomic E-state index is 12.1. The number of nitrogens with one attached hydrogen (secondary N) is 1. The highest BCUT2D eigenvalue weighted by Gasteiger charge is 2.12. The first-order chi connectivity index (χ1) is 10.1. The van der Waals surface area contributed by atoms with Crippen LogP contribution in [0.15, 0.2) is 45.9 Å². The maximum atomic E-state index is 12.1. The maximum Gasteiger partial charge on any atom is 0.275 e. The van der Waals surface area contributed by atoms with Crippen molar-refractivity contribution in [2.45, 2.75) is 26.9 Å². The van der Waals surface area contributed by atoms with Crippen molar-refractivity contribution in [1.29, 1.82) is 0 Å². The van der Waals surface area contributed by atoms with Gasteiger partial charge in [-0.25, -0.2) is 5.43 Å². The van der Waals surface area contributed by atoms with E-state index in [1.165, 1.54) is 6.21 Å². The fourth-order valence-electron chi connectivity index (χ4n) is 1.75. The number of rotatable bonds is 5. The number of aryl methyl sites for hydroxylation is 1. The molecule has 1 aromatic heterocycles. The van der Waals surface area contributed by atoms with Crippen molar-refractivity contribution >= 4 is 12.1 Å². The van der Waals surface area contributed by atoms with E-state index in [0.29, 0.717) is 17.1 Å². The zero-order chi connectivity index (χ0) is 15.2. The minimum atomic E-state index is -0.328. The van der Waals surface area contributed by atoms with Crippen molar-refractivity contribution in [3.8, 4) is 5.75 Å². The Labute approximate surface area is 123 Å². The second-order valence-electron chi connectivity index (χ2n) is 4.81. The molecule has 0 aliphatic rings. The van der Waals surface area contributed by atoms with Crippen molar-refractivity contribution in [1.82, 2.24) is 5.43 Å². The summed E-state index contributed by atoms with van der Waals surface area (Å²) >= 11 is 0. The predicted octanol–water partition coefficient (Wildman–Crippen LogP) is 3.14. The summed E-state index contributed by atoms with van der Waals surface area (Å²) in [4.78, 5) is 12.1. The fourth-order valence-corrected chi connectivity index (χ4v) is 1.75. The number of ether oxygens (including phenoxy) is 1. The molecule has 0 aliphatic heterocycles. The number of amides is 1. The molecule has 0 aliphatic carbocycles. The van der Waals surface area contributed by atoms with E-state index in [9.17, 15) is 4.79 Å². The number of benzene rings is 1. The van der Waals surface area contributed by atoms with Crippen molar-refractivity contribution in [2.24, 2.45) is 5.10 Å². The van der Waals surface area contributed by atoms with Crippen LogP contribution in [-0.4, -0.2) is 18.2 Å². The Bertz CT molecular complexity index is 644. The van der Waals surface area contributed by atoms with Crippen LogP contribution in [0.4, 0.5) is 0 Å². The highest BCUT2D eigenvalue weighted by atomic mass is 16.5. The molecule has 2 rings (SSSR count). The van der Waals surface area contributed by atoms with Gasteiger partial charge in [0.2, 0.25) is 0 Å². The molecule has 0 spiro atoms. The molecule has 0 bridgehead atoms. The van der Waals surface area contributed by atoms with E-state index >= 15 is 0 Å². The Balaban J connectivity index is 2.05. The minimum Gasteiger partial charge on any atom is -0.490 e. The van der Waals surface area contributed by atoms with Crippen LogP contribution in [0, 0.1) is 6.92 Å². The summed E-state index contributed by atoms with van der Waals surface area (Å²) in [5.74, 6) is 1.58. The SMILES string of the molecule is Cc1ccc(/C=N/NC(=O)c2ccccc2OC(C)C)o1. The molecular formula is C16H18N2O3. The molecule has 0 unspecified atom stereocenters. The first-order valence-electron chi connectivity index (χ1n) is 6.72. The van der Waals surface area contributed by atoms with Crippen LogP contribution in [0.1, 0.15) is 35.7 Å². The molecule has 0 saturated carbocycles. The lowest BCUT2D eigenvalue weighted by Crippen LogP contribution is -2.19. The van der Waals surface area contributed by atoms with Gasteiger partial charge in [0, 0.05) is 0 Å². The van der Waals surface area contributed by atoms with Gasteiger partial charge in [-0.3, -0.25) is 4.79 Å². The van der Waals surface area contributed by atoms with Gasteiger partial charge in [-0.15, -0.1) is 0 Å². The van der Waals surface area contributed by atoms with Crippen molar-refractivity contribution in [2.75, 3.05) is 0 Å². The van der Waals surface area contributed by atoms with Gasteiger partial charge in [0.05, 0.1) is 17.9 Å².